The van der Waals surface area contributed by atoms with Crippen LogP contribution in [0.4, 0.5) is 0 Å². The molecule has 4 aromatic rings. The van der Waals surface area contributed by atoms with E-state index in [1.165, 1.54) is 0 Å². The first kappa shape index (κ1) is 23.7. The Balaban J connectivity index is 1.34. The van der Waals surface area contributed by atoms with Crippen molar-refractivity contribution in [1.29, 1.82) is 0 Å². The normalized spacial score (nSPS) is 17.4. The highest BCUT2D eigenvalue weighted by Crippen LogP contribution is 2.21. The molecule has 1 atom stereocenters. The van der Waals surface area contributed by atoms with E-state index in [1.807, 2.05) is 54.6 Å². The second-order valence-electron chi connectivity index (χ2n) is 9.23. The first-order chi connectivity index (χ1) is 16.9. The number of para-hydroxylation sites is 1. The number of nitrogens with one attached hydrogen (secondary N) is 1. The molecule has 1 fully saturated rings. The van der Waals surface area contributed by atoms with Gasteiger partial charge in [-0.25, -0.2) is 13.1 Å². The summed E-state index contributed by atoms with van der Waals surface area (Å²) in [6.45, 7) is 7.01. The lowest BCUT2D eigenvalue weighted by Gasteiger charge is -2.32. The molecular weight excluding hydrogens is 464 g/mol. The number of benzene rings is 2. The van der Waals surface area contributed by atoms with E-state index >= 15 is 0 Å². The molecule has 1 N–H and O–H groups in total. The maximum atomic E-state index is 12.9. The van der Waals surface area contributed by atoms with Gasteiger partial charge >= 0.3 is 0 Å². The van der Waals surface area contributed by atoms with Crippen LogP contribution in [0.25, 0.3) is 16.7 Å². The van der Waals surface area contributed by atoms with Crippen LogP contribution in [0.2, 0.25) is 0 Å². The quantitative estimate of drug-likeness (QED) is 0.424. The molecule has 10 heteroatoms. The number of hydrogen-bond acceptors (Lipinski definition) is 6. The Morgan fingerprint density at radius 2 is 1.86 bits per heavy atom. The van der Waals surface area contributed by atoms with E-state index in [-0.39, 0.29) is 11.5 Å². The molecule has 0 amide bonds. The van der Waals surface area contributed by atoms with E-state index in [4.69, 9.17) is 0 Å². The van der Waals surface area contributed by atoms with Crippen LogP contribution in [0, 0.1) is 12.8 Å². The minimum Gasteiger partial charge on any atom is -0.296 e. The zero-order valence-electron chi connectivity index (χ0n) is 20.0. The molecule has 5 rings (SSSR count). The molecule has 0 radical (unpaired) electrons. The van der Waals surface area contributed by atoms with Gasteiger partial charge in [-0.2, -0.15) is 0 Å². The Kier molecular flexibility index (Phi) is 6.43. The standard InChI is InChI=1S/C25H30N6O3S/c1-3-30-24(32)21-8-4-5-9-22(21)31-23(27-28-25(30)31)17-29-14-6-7-19(16-29)15-26-35(33,34)20-12-10-18(2)11-13-20/h4-5,8-13,19,26H,3,6-7,14-17H2,1-2H3. The number of fused-ring (bicyclic) bond motifs is 3. The van der Waals surface area contributed by atoms with E-state index in [1.54, 1.807) is 16.7 Å². The van der Waals surface area contributed by atoms with Gasteiger partial charge in [-0.15, -0.1) is 10.2 Å². The summed E-state index contributed by atoms with van der Waals surface area (Å²) in [5.41, 5.74) is 1.77. The van der Waals surface area contributed by atoms with Crippen molar-refractivity contribution in [2.45, 2.75) is 44.7 Å². The number of likely N-dealkylation sites (tertiary alicyclic amines) is 1. The number of aryl methyl sites for hydroxylation is 2. The topological polar surface area (TPSA) is 102 Å². The van der Waals surface area contributed by atoms with Crippen molar-refractivity contribution < 1.29 is 8.42 Å². The zero-order valence-corrected chi connectivity index (χ0v) is 20.8. The number of piperidine rings is 1. The zero-order chi connectivity index (χ0) is 24.6. The number of aromatic nitrogens is 4. The van der Waals surface area contributed by atoms with Crippen LogP contribution in [-0.2, 0) is 23.1 Å². The molecule has 3 heterocycles. The average molecular weight is 495 g/mol. The molecule has 0 saturated carbocycles. The van der Waals surface area contributed by atoms with Gasteiger partial charge in [-0.05, 0) is 63.4 Å². The summed E-state index contributed by atoms with van der Waals surface area (Å²) in [6, 6.07) is 14.4. The molecule has 1 aliphatic heterocycles. The van der Waals surface area contributed by atoms with Gasteiger partial charge in [0, 0.05) is 19.6 Å². The van der Waals surface area contributed by atoms with Gasteiger partial charge < -0.3 is 0 Å². The van der Waals surface area contributed by atoms with Crippen molar-refractivity contribution in [3.8, 4) is 0 Å². The largest absolute Gasteiger partial charge is 0.296 e. The number of nitrogens with zero attached hydrogens (tertiary/aromatic N) is 5. The summed E-state index contributed by atoms with van der Waals surface area (Å²) in [6.07, 6.45) is 1.94. The van der Waals surface area contributed by atoms with Gasteiger partial charge in [-0.3, -0.25) is 18.7 Å². The summed E-state index contributed by atoms with van der Waals surface area (Å²) in [4.78, 5) is 15.5. The van der Waals surface area contributed by atoms with Gasteiger partial charge in [0.25, 0.3) is 5.56 Å². The minimum atomic E-state index is -3.54. The minimum absolute atomic E-state index is 0.0616. The van der Waals surface area contributed by atoms with Gasteiger partial charge in [-0.1, -0.05) is 29.8 Å². The van der Waals surface area contributed by atoms with Crippen molar-refractivity contribution in [3.05, 3.63) is 70.3 Å². The average Bonchev–Trinajstić information content (AvgIpc) is 3.27. The maximum absolute atomic E-state index is 12.9. The van der Waals surface area contributed by atoms with Gasteiger partial charge in [0.1, 0.15) is 0 Å². The SMILES string of the molecule is CCn1c(=O)c2ccccc2n2c(CN3CCCC(CNS(=O)(=O)c4ccc(C)cc4)C3)nnc12. The molecule has 2 aromatic heterocycles. The molecule has 0 bridgehead atoms. The van der Waals surface area contributed by atoms with E-state index in [0.29, 0.717) is 35.7 Å². The third-order valence-corrected chi connectivity index (χ3v) is 8.19. The Morgan fingerprint density at radius 1 is 1.09 bits per heavy atom. The lowest BCUT2D eigenvalue weighted by molar-refractivity contribution is 0.165. The Bertz CT molecular complexity index is 1520. The van der Waals surface area contributed by atoms with E-state index < -0.39 is 10.0 Å². The molecule has 2 aromatic carbocycles. The van der Waals surface area contributed by atoms with Gasteiger partial charge in [0.15, 0.2) is 5.82 Å². The molecule has 0 spiro atoms. The molecule has 184 valence electrons. The molecule has 1 unspecified atom stereocenters. The summed E-state index contributed by atoms with van der Waals surface area (Å²) in [5.74, 6) is 1.53. The van der Waals surface area contributed by atoms with E-state index in [2.05, 4.69) is 19.8 Å². The Labute approximate surface area is 204 Å². The first-order valence-corrected chi connectivity index (χ1v) is 13.5. The van der Waals surface area contributed by atoms with Crippen LogP contribution in [0.15, 0.2) is 58.2 Å². The highest BCUT2D eigenvalue weighted by atomic mass is 32.2. The van der Waals surface area contributed by atoms with Gasteiger partial charge in [0.05, 0.1) is 22.3 Å². The van der Waals surface area contributed by atoms with Crippen LogP contribution in [0.5, 0.6) is 0 Å². The Hall–Kier alpha value is -3.08. The third-order valence-electron chi connectivity index (χ3n) is 6.75. The summed E-state index contributed by atoms with van der Waals surface area (Å²) in [7, 11) is -3.54. The molecule has 1 saturated heterocycles. The van der Waals surface area contributed by atoms with Gasteiger partial charge in [0.2, 0.25) is 15.8 Å². The van der Waals surface area contributed by atoms with Crippen LogP contribution in [-0.4, -0.2) is 52.1 Å². The van der Waals surface area contributed by atoms with Crippen molar-refractivity contribution in [2.24, 2.45) is 5.92 Å². The summed E-state index contributed by atoms with van der Waals surface area (Å²) >= 11 is 0. The highest BCUT2D eigenvalue weighted by molar-refractivity contribution is 7.89. The monoisotopic (exact) mass is 494 g/mol. The maximum Gasteiger partial charge on any atom is 0.262 e. The van der Waals surface area contributed by atoms with Crippen molar-refractivity contribution >= 4 is 26.7 Å². The summed E-state index contributed by atoms with van der Waals surface area (Å²) < 4.78 is 31.8. The molecule has 9 nitrogen and oxygen atoms in total. The Morgan fingerprint density at radius 3 is 2.63 bits per heavy atom. The number of sulfonamides is 1. The first-order valence-electron chi connectivity index (χ1n) is 12.0. The van der Waals surface area contributed by atoms with Crippen LogP contribution in [0.3, 0.4) is 0 Å². The van der Waals surface area contributed by atoms with Crippen LogP contribution in [0.1, 0.15) is 31.2 Å². The molecule has 1 aliphatic rings. The van der Waals surface area contributed by atoms with Crippen molar-refractivity contribution in [3.63, 3.8) is 0 Å². The van der Waals surface area contributed by atoms with Crippen molar-refractivity contribution in [1.82, 2.24) is 28.8 Å². The van der Waals surface area contributed by atoms with Crippen LogP contribution >= 0.6 is 0 Å². The lowest BCUT2D eigenvalue weighted by Crippen LogP contribution is -2.40. The third kappa shape index (κ3) is 4.61. The van der Waals surface area contributed by atoms with E-state index in [9.17, 15) is 13.2 Å². The molecule has 0 aliphatic carbocycles. The second-order valence-corrected chi connectivity index (χ2v) is 11.0. The predicted octanol–water partition coefficient (Wildman–Crippen LogP) is 2.56. The lowest BCUT2D eigenvalue weighted by atomic mass is 9.98. The number of hydrogen-bond donors (Lipinski definition) is 1. The molecular formula is C25H30N6O3S. The fraction of sp³-hybridized carbons (Fsp3) is 0.400. The smallest absolute Gasteiger partial charge is 0.262 e. The fourth-order valence-electron chi connectivity index (χ4n) is 4.89. The van der Waals surface area contributed by atoms with E-state index in [0.717, 1.165) is 42.8 Å². The highest BCUT2D eigenvalue weighted by Gasteiger charge is 2.25. The van der Waals surface area contributed by atoms with Crippen LogP contribution < -0.4 is 10.3 Å². The second kappa shape index (κ2) is 9.52. The summed E-state index contributed by atoms with van der Waals surface area (Å²) in [5, 5.41) is 9.44. The number of rotatable bonds is 7. The fourth-order valence-corrected chi connectivity index (χ4v) is 6.01. The van der Waals surface area contributed by atoms with Crippen molar-refractivity contribution in [2.75, 3.05) is 19.6 Å². The predicted molar refractivity (Wildman–Crippen MR) is 135 cm³/mol. The molecule has 35 heavy (non-hydrogen) atoms.